The number of nitrogens with zero attached hydrogens (tertiary/aromatic N) is 2. The molecule has 2 aliphatic rings. The molecule has 0 amide bonds. The molecule has 0 saturated carbocycles. The molecule has 3 rings (SSSR count). The Morgan fingerprint density at radius 2 is 1.90 bits per heavy atom. The van der Waals surface area contributed by atoms with E-state index >= 15 is 0 Å². The smallest absolute Gasteiger partial charge is 0.0477 e. The Labute approximate surface area is 129 Å². The van der Waals surface area contributed by atoms with E-state index in [1.807, 2.05) is 0 Å². The Morgan fingerprint density at radius 1 is 1.14 bits per heavy atom. The first-order valence-electron chi connectivity index (χ1n) is 8.54. The number of unbranched alkanes of at least 4 members (excludes halogenated alkanes) is 1. The fraction of sp³-hybridized carbons (Fsp3) is 0.667. The first-order chi connectivity index (χ1) is 10.3. The zero-order chi connectivity index (χ0) is 14.7. The van der Waals surface area contributed by atoms with E-state index < -0.39 is 0 Å². The molecule has 3 heteroatoms. The third kappa shape index (κ3) is 3.47. The molecule has 2 N–H and O–H groups in total. The van der Waals surface area contributed by atoms with Crippen molar-refractivity contribution < 1.29 is 0 Å². The molecule has 3 nitrogen and oxygen atoms in total. The predicted molar refractivity (Wildman–Crippen MR) is 88.3 cm³/mol. The van der Waals surface area contributed by atoms with Gasteiger partial charge in [-0.2, -0.15) is 0 Å². The highest BCUT2D eigenvalue weighted by Gasteiger charge is 2.28. The Kier molecular flexibility index (Phi) is 4.94. The van der Waals surface area contributed by atoms with Gasteiger partial charge in [0.25, 0.3) is 0 Å². The normalized spacial score (nSPS) is 22.9. The highest BCUT2D eigenvalue weighted by Crippen LogP contribution is 2.33. The topological polar surface area (TPSA) is 32.5 Å². The summed E-state index contributed by atoms with van der Waals surface area (Å²) in [6.07, 6.45) is 5.41. The van der Waals surface area contributed by atoms with Crippen molar-refractivity contribution in [1.82, 2.24) is 9.80 Å². The van der Waals surface area contributed by atoms with Crippen LogP contribution in [-0.4, -0.2) is 42.5 Å². The first-order valence-corrected chi connectivity index (χ1v) is 8.54. The molecule has 1 aromatic carbocycles. The molecule has 0 aliphatic carbocycles. The lowest BCUT2D eigenvalue weighted by Crippen LogP contribution is -2.29. The number of fused-ring (bicyclic) bond motifs is 1. The van der Waals surface area contributed by atoms with Gasteiger partial charge in [-0.25, -0.2) is 0 Å². The van der Waals surface area contributed by atoms with Crippen LogP contribution in [0.15, 0.2) is 18.2 Å². The quantitative estimate of drug-likeness (QED) is 0.817. The van der Waals surface area contributed by atoms with Crippen LogP contribution in [0.5, 0.6) is 0 Å². The van der Waals surface area contributed by atoms with Crippen molar-refractivity contribution in [3.8, 4) is 0 Å². The monoisotopic (exact) mass is 287 g/mol. The number of nitrogens with two attached hydrogens (primary N) is 1. The van der Waals surface area contributed by atoms with Gasteiger partial charge in [0.1, 0.15) is 0 Å². The summed E-state index contributed by atoms with van der Waals surface area (Å²) in [5.41, 5.74) is 10.3. The summed E-state index contributed by atoms with van der Waals surface area (Å²) in [6, 6.07) is 7.28. The van der Waals surface area contributed by atoms with Crippen LogP contribution in [0.4, 0.5) is 0 Å². The van der Waals surface area contributed by atoms with Crippen LogP contribution in [0, 0.1) is 6.92 Å². The molecule has 1 atom stereocenters. The highest BCUT2D eigenvalue weighted by atomic mass is 15.2. The summed E-state index contributed by atoms with van der Waals surface area (Å²) in [6.45, 7) is 9.10. The predicted octanol–water partition coefficient (Wildman–Crippen LogP) is 2.69. The summed E-state index contributed by atoms with van der Waals surface area (Å²) < 4.78 is 0. The lowest BCUT2D eigenvalue weighted by molar-refractivity contribution is 0.210. The molecule has 2 heterocycles. The largest absolute Gasteiger partial charge is 0.329 e. The molecule has 2 aliphatic heterocycles. The van der Waals surface area contributed by atoms with Crippen LogP contribution < -0.4 is 5.73 Å². The molecule has 1 fully saturated rings. The van der Waals surface area contributed by atoms with Gasteiger partial charge in [-0.15, -0.1) is 0 Å². The summed E-state index contributed by atoms with van der Waals surface area (Å²) in [5, 5.41) is 0. The van der Waals surface area contributed by atoms with Crippen molar-refractivity contribution >= 4 is 0 Å². The van der Waals surface area contributed by atoms with Crippen molar-refractivity contribution in [2.24, 2.45) is 5.73 Å². The number of aryl methyl sites for hydroxylation is 1. The maximum absolute atomic E-state index is 6.04. The van der Waals surface area contributed by atoms with Gasteiger partial charge in [0.2, 0.25) is 0 Å². The Bertz CT molecular complexity index is 466. The second-order valence-corrected chi connectivity index (χ2v) is 6.68. The lowest BCUT2D eigenvalue weighted by atomic mass is 10.0. The van der Waals surface area contributed by atoms with Crippen LogP contribution in [0.1, 0.15) is 48.4 Å². The van der Waals surface area contributed by atoms with E-state index in [1.165, 1.54) is 68.6 Å². The van der Waals surface area contributed by atoms with Gasteiger partial charge in [-0.3, -0.25) is 4.90 Å². The van der Waals surface area contributed by atoms with E-state index in [1.54, 1.807) is 0 Å². The number of rotatable bonds is 6. The van der Waals surface area contributed by atoms with Gasteiger partial charge in [-0.05, 0) is 69.9 Å². The second kappa shape index (κ2) is 6.91. The molecule has 0 radical (unpaired) electrons. The number of hydrogen-bond acceptors (Lipinski definition) is 3. The SMILES string of the molecule is Cc1ccc2c(c1)C(CN)N(CCCCN1CCCC1)C2. The fourth-order valence-corrected chi connectivity index (χ4v) is 3.86. The summed E-state index contributed by atoms with van der Waals surface area (Å²) >= 11 is 0. The first kappa shape index (κ1) is 15.0. The molecular weight excluding hydrogens is 258 g/mol. The zero-order valence-corrected chi connectivity index (χ0v) is 13.4. The minimum Gasteiger partial charge on any atom is -0.329 e. The van der Waals surface area contributed by atoms with Gasteiger partial charge in [0, 0.05) is 19.1 Å². The van der Waals surface area contributed by atoms with Gasteiger partial charge in [0.05, 0.1) is 0 Å². The van der Waals surface area contributed by atoms with Gasteiger partial charge >= 0.3 is 0 Å². The summed E-state index contributed by atoms with van der Waals surface area (Å²) in [4.78, 5) is 5.19. The van der Waals surface area contributed by atoms with Gasteiger partial charge < -0.3 is 10.6 Å². The van der Waals surface area contributed by atoms with Crippen LogP contribution in [0.3, 0.4) is 0 Å². The molecule has 1 aromatic rings. The molecule has 21 heavy (non-hydrogen) atoms. The summed E-state index contributed by atoms with van der Waals surface area (Å²) in [7, 11) is 0. The minimum atomic E-state index is 0.437. The average Bonchev–Trinajstić information content (AvgIpc) is 3.10. The van der Waals surface area contributed by atoms with Gasteiger partial charge in [0.15, 0.2) is 0 Å². The second-order valence-electron chi connectivity index (χ2n) is 6.68. The molecule has 1 unspecified atom stereocenters. The highest BCUT2D eigenvalue weighted by molar-refractivity contribution is 5.37. The number of likely N-dealkylation sites (tertiary alicyclic amines) is 1. The maximum Gasteiger partial charge on any atom is 0.0477 e. The standard InChI is InChI=1S/C18H29N3/c1-15-6-7-16-14-21(18(13-19)17(16)12-15)11-5-4-10-20-8-2-3-9-20/h6-7,12,18H,2-5,8-11,13-14,19H2,1H3. The maximum atomic E-state index is 6.04. The van der Waals surface area contributed by atoms with E-state index in [2.05, 4.69) is 34.9 Å². The van der Waals surface area contributed by atoms with Crippen LogP contribution >= 0.6 is 0 Å². The van der Waals surface area contributed by atoms with Crippen molar-refractivity contribution in [1.29, 1.82) is 0 Å². The van der Waals surface area contributed by atoms with Crippen molar-refractivity contribution in [3.05, 3.63) is 34.9 Å². The van der Waals surface area contributed by atoms with Crippen molar-refractivity contribution in [3.63, 3.8) is 0 Å². The van der Waals surface area contributed by atoms with Crippen molar-refractivity contribution in [2.75, 3.05) is 32.7 Å². The molecule has 116 valence electrons. The Hall–Kier alpha value is -0.900. The molecule has 0 bridgehead atoms. The van der Waals surface area contributed by atoms with Gasteiger partial charge in [-0.1, -0.05) is 23.8 Å². The third-order valence-electron chi connectivity index (χ3n) is 5.07. The lowest BCUT2D eigenvalue weighted by Gasteiger charge is -2.24. The number of hydrogen-bond donors (Lipinski definition) is 1. The third-order valence-corrected chi connectivity index (χ3v) is 5.07. The van der Waals surface area contributed by atoms with Crippen LogP contribution in [0.2, 0.25) is 0 Å². The molecular formula is C18H29N3. The van der Waals surface area contributed by atoms with Crippen LogP contribution in [0.25, 0.3) is 0 Å². The average molecular weight is 287 g/mol. The molecule has 0 spiro atoms. The van der Waals surface area contributed by atoms with Crippen molar-refractivity contribution in [2.45, 2.75) is 45.2 Å². The minimum absolute atomic E-state index is 0.437. The van der Waals surface area contributed by atoms with E-state index in [-0.39, 0.29) is 0 Å². The van der Waals surface area contributed by atoms with E-state index in [4.69, 9.17) is 5.73 Å². The van der Waals surface area contributed by atoms with E-state index in [9.17, 15) is 0 Å². The van der Waals surface area contributed by atoms with E-state index in [0.29, 0.717) is 6.04 Å². The fourth-order valence-electron chi connectivity index (χ4n) is 3.86. The Morgan fingerprint density at radius 3 is 2.67 bits per heavy atom. The molecule has 1 saturated heterocycles. The van der Waals surface area contributed by atoms with E-state index in [0.717, 1.165) is 13.1 Å². The molecule has 0 aromatic heterocycles. The Balaban J connectivity index is 1.49. The zero-order valence-electron chi connectivity index (χ0n) is 13.4. The number of benzene rings is 1. The van der Waals surface area contributed by atoms with Crippen LogP contribution in [-0.2, 0) is 6.54 Å². The summed E-state index contributed by atoms with van der Waals surface area (Å²) in [5.74, 6) is 0.